The van der Waals surface area contributed by atoms with Crippen molar-refractivity contribution in [2.24, 2.45) is 10.7 Å². The summed E-state index contributed by atoms with van der Waals surface area (Å²) in [5.41, 5.74) is 8.56. The van der Waals surface area contributed by atoms with Gasteiger partial charge >= 0.3 is 0 Å². The fourth-order valence-electron chi connectivity index (χ4n) is 3.17. The van der Waals surface area contributed by atoms with Crippen LogP contribution in [0.4, 0.5) is 10.8 Å². The van der Waals surface area contributed by atoms with Crippen molar-refractivity contribution in [1.29, 1.82) is 0 Å². The van der Waals surface area contributed by atoms with Gasteiger partial charge in [0.05, 0.1) is 33.8 Å². The van der Waals surface area contributed by atoms with Crippen molar-refractivity contribution in [1.82, 2.24) is 9.97 Å². The first kappa shape index (κ1) is 21.3. The number of benzene rings is 1. The molecule has 160 valence electrons. The van der Waals surface area contributed by atoms with Crippen LogP contribution < -0.4 is 15.8 Å². The van der Waals surface area contributed by atoms with E-state index in [4.69, 9.17) is 20.4 Å². The van der Waals surface area contributed by atoms with Crippen LogP contribution >= 0.6 is 23.1 Å². The number of hydrogen-bond donors (Lipinski definition) is 2. The number of nitrogens with zero attached hydrogens (tertiary/aromatic N) is 3. The summed E-state index contributed by atoms with van der Waals surface area (Å²) in [7, 11) is 0. The number of hydrogen-bond acceptors (Lipinski definition) is 8. The minimum absolute atomic E-state index is 0.00803. The normalized spacial score (nSPS) is 18.1. The lowest BCUT2D eigenvalue weighted by atomic mass is 10.1. The molecular formula is C22H23N5O2S2. The van der Waals surface area contributed by atoms with Crippen LogP contribution in [0, 0.1) is 0 Å². The number of nitrogens with two attached hydrogens (primary N) is 1. The second kappa shape index (κ2) is 9.07. The lowest BCUT2D eigenvalue weighted by molar-refractivity contribution is 0.100. The average molecular weight is 454 g/mol. The standard InChI is InChI=1S/C22H23N5O2S2/c1-12(2)29-18-5-4-15(20(23)28)10-16(18)26-22-27-17(11-30-22)19-13(3)25-21(31-19)14-6-8-24-9-7-14/h4-13,19H,1-3H3,(H2,23,28)(H,26,27). The Morgan fingerprint density at radius 3 is 2.71 bits per heavy atom. The Morgan fingerprint density at radius 2 is 2.00 bits per heavy atom. The van der Waals surface area contributed by atoms with Crippen molar-refractivity contribution >= 4 is 44.9 Å². The van der Waals surface area contributed by atoms with Gasteiger partial charge in [-0.1, -0.05) is 11.8 Å². The molecule has 3 N–H and O–H groups in total. The highest BCUT2D eigenvalue weighted by Gasteiger charge is 2.31. The highest BCUT2D eigenvalue weighted by Crippen LogP contribution is 2.43. The maximum Gasteiger partial charge on any atom is 0.248 e. The van der Waals surface area contributed by atoms with Crippen LogP contribution in [0.15, 0.2) is 53.1 Å². The van der Waals surface area contributed by atoms with Crippen LogP contribution in [0.1, 0.15) is 47.6 Å². The molecule has 0 saturated carbocycles. The van der Waals surface area contributed by atoms with Crippen LogP contribution in [-0.4, -0.2) is 33.1 Å². The van der Waals surface area contributed by atoms with Crippen molar-refractivity contribution in [2.75, 3.05) is 5.32 Å². The highest BCUT2D eigenvalue weighted by molar-refractivity contribution is 8.15. The Hall–Kier alpha value is -2.91. The van der Waals surface area contributed by atoms with Crippen LogP contribution in [0.25, 0.3) is 0 Å². The van der Waals surface area contributed by atoms with Gasteiger partial charge in [-0.05, 0) is 51.1 Å². The SMILES string of the molecule is CC(C)Oc1ccc(C(N)=O)cc1Nc1nc(C2SC(c3ccncc3)=NC2C)cs1. The van der Waals surface area contributed by atoms with Gasteiger partial charge in [0.1, 0.15) is 5.75 Å². The molecule has 0 bridgehead atoms. The molecule has 2 atom stereocenters. The molecule has 2 unspecified atom stereocenters. The van der Waals surface area contributed by atoms with E-state index < -0.39 is 5.91 Å². The fourth-order valence-corrected chi connectivity index (χ4v) is 5.26. The molecule has 0 fully saturated rings. The van der Waals surface area contributed by atoms with Crippen molar-refractivity contribution in [2.45, 2.75) is 38.2 Å². The van der Waals surface area contributed by atoms with Gasteiger partial charge in [-0.15, -0.1) is 11.3 Å². The highest BCUT2D eigenvalue weighted by atomic mass is 32.2. The number of carbonyl (C=O) groups excluding carboxylic acids is 1. The molecule has 3 heterocycles. The van der Waals surface area contributed by atoms with E-state index in [1.54, 1.807) is 42.4 Å². The number of primary amides is 1. The molecular weight excluding hydrogens is 430 g/mol. The Bertz CT molecular complexity index is 1110. The topological polar surface area (TPSA) is 102 Å². The number of carbonyl (C=O) groups is 1. The molecule has 4 rings (SSSR count). The van der Waals surface area contributed by atoms with E-state index in [0.29, 0.717) is 17.0 Å². The fraction of sp³-hybridized carbons (Fsp3) is 0.273. The number of pyridine rings is 1. The number of nitrogens with one attached hydrogen (secondary N) is 1. The quantitative estimate of drug-likeness (QED) is 0.533. The predicted octanol–water partition coefficient (Wildman–Crippen LogP) is 4.79. The Labute approximate surface area is 189 Å². The molecule has 1 amide bonds. The lowest BCUT2D eigenvalue weighted by Gasteiger charge is -2.15. The molecule has 1 aromatic carbocycles. The van der Waals surface area contributed by atoms with Gasteiger partial charge < -0.3 is 15.8 Å². The summed E-state index contributed by atoms with van der Waals surface area (Å²) in [6, 6.07) is 9.15. The second-order valence-corrected chi connectivity index (χ2v) is 9.38. The molecule has 0 aliphatic carbocycles. The van der Waals surface area contributed by atoms with Gasteiger partial charge in [0.2, 0.25) is 5.91 Å². The van der Waals surface area contributed by atoms with Gasteiger partial charge in [-0.3, -0.25) is 14.8 Å². The first-order valence-corrected chi connectivity index (χ1v) is 11.6. The minimum atomic E-state index is -0.490. The minimum Gasteiger partial charge on any atom is -0.489 e. The zero-order valence-electron chi connectivity index (χ0n) is 17.4. The van der Waals surface area contributed by atoms with Crippen molar-refractivity contribution in [3.63, 3.8) is 0 Å². The number of aliphatic imine (C=N–C) groups is 1. The zero-order valence-corrected chi connectivity index (χ0v) is 19.0. The van der Waals surface area contributed by atoms with Crippen molar-refractivity contribution in [3.05, 3.63) is 64.9 Å². The summed E-state index contributed by atoms with van der Waals surface area (Å²) in [5, 5.41) is 7.20. The average Bonchev–Trinajstić information content (AvgIpc) is 3.36. The molecule has 0 saturated heterocycles. The van der Waals surface area contributed by atoms with E-state index in [0.717, 1.165) is 21.4 Å². The van der Waals surface area contributed by atoms with E-state index in [9.17, 15) is 4.79 Å². The van der Waals surface area contributed by atoms with E-state index >= 15 is 0 Å². The summed E-state index contributed by atoms with van der Waals surface area (Å²) >= 11 is 3.22. The van der Waals surface area contributed by atoms with E-state index in [2.05, 4.69) is 17.2 Å². The second-order valence-electron chi connectivity index (χ2n) is 7.39. The number of thioether (sulfide) groups is 1. The third-order valence-corrected chi connectivity index (χ3v) is 6.84. The summed E-state index contributed by atoms with van der Waals surface area (Å²) in [6.45, 7) is 6.00. The summed E-state index contributed by atoms with van der Waals surface area (Å²) in [4.78, 5) is 25.3. The molecule has 3 aromatic rings. The van der Waals surface area contributed by atoms with Crippen LogP contribution in [-0.2, 0) is 0 Å². The molecule has 2 aromatic heterocycles. The van der Waals surface area contributed by atoms with Crippen LogP contribution in [0.5, 0.6) is 5.75 Å². The van der Waals surface area contributed by atoms with Crippen LogP contribution in [0.2, 0.25) is 0 Å². The monoisotopic (exact) mass is 453 g/mol. The molecule has 0 radical (unpaired) electrons. The zero-order chi connectivity index (χ0) is 22.0. The molecule has 1 aliphatic rings. The Morgan fingerprint density at radius 1 is 1.23 bits per heavy atom. The van der Waals surface area contributed by atoms with Gasteiger partial charge in [0.25, 0.3) is 0 Å². The molecule has 31 heavy (non-hydrogen) atoms. The predicted molar refractivity (Wildman–Crippen MR) is 127 cm³/mol. The number of anilines is 2. The number of aromatic nitrogens is 2. The van der Waals surface area contributed by atoms with Gasteiger partial charge in [-0.25, -0.2) is 4.98 Å². The summed E-state index contributed by atoms with van der Waals surface area (Å²) < 4.78 is 5.87. The van der Waals surface area contributed by atoms with E-state index in [1.807, 2.05) is 31.4 Å². The summed E-state index contributed by atoms with van der Waals surface area (Å²) in [6.07, 6.45) is 3.54. The Kier molecular flexibility index (Phi) is 6.24. The number of thiazole rings is 1. The molecule has 7 nitrogen and oxygen atoms in total. The number of ether oxygens (including phenoxy) is 1. The van der Waals surface area contributed by atoms with Crippen LogP contribution in [0.3, 0.4) is 0 Å². The number of amides is 1. The van der Waals surface area contributed by atoms with E-state index in [1.165, 1.54) is 11.3 Å². The van der Waals surface area contributed by atoms with Crippen molar-refractivity contribution < 1.29 is 9.53 Å². The smallest absolute Gasteiger partial charge is 0.248 e. The van der Waals surface area contributed by atoms with Gasteiger partial charge in [-0.2, -0.15) is 0 Å². The summed E-state index contributed by atoms with van der Waals surface area (Å²) in [5.74, 6) is 0.152. The first-order chi connectivity index (χ1) is 14.9. The molecule has 0 spiro atoms. The van der Waals surface area contributed by atoms with Gasteiger partial charge in [0, 0.05) is 28.9 Å². The maximum atomic E-state index is 11.6. The van der Waals surface area contributed by atoms with Gasteiger partial charge in [0.15, 0.2) is 5.13 Å². The third kappa shape index (κ3) is 4.88. The maximum absolute atomic E-state index is 11.6. The van der Waals surface area contributed by atoms with E-state index in [-0.39, 0.29) is 17.4 Å². The largest absolute Gasteiger partial charge is 0.489 e. The number of rotatable bonds is 7. The first-order valence-electron chi connectivity index (χ1n) is 9.88. The Balaban J connectivity index is 1.54. The lowest BCUT2D eigenvalue weighted by Crippen LogP contribution is -2.12. The third-order valence-electron chi connectivity index (χ3n) is 4.61. The molecule has 1 aliphatic heterocycles. The van der Waals surface area contributed by atoms with Crippen molar-refractivity contribution in [3.8, 4) is 5.75 Å². The molecule has 9 heteroatoms.